The van der Waals surface area contributed by atoms with Gasteiger partial charge < -0.3 is 9.26 Å². The average Bonchev–Trinajstić information content (AvgIpc) is 3.00. The lowest BCUT2D eigenvalue weighted by Gasteiger charge is -2.01. The molecular formula is C13H14N2O2. The molecule has 0 spiro atoms. The monoisotopic (exact) mass is 230 g/mol. The Morgan fingerprint density at radius 2 is 2.18 bits per heavy atom. The molecule has 17 heavy (non-hydrogen) atoms. The summed E-state index contributed by atoms with van der Waals surface area (Å²) in [5, 5.41) is 4.03. The highest BCUT2D eigenvalue weighted by Crippen LogP contribution is 2.29. The van der Waals surface area contributed by atoms with Crippen LogP contribution < -0.4 is 0 Å². The molecule has 88 valence electrons. The van der Waals surface area contributed by atoms with E-state index in [2.05, 4.69) is 10.1 Å². The standard InChI is InChI=1S/C13H14N2O2/c1-9-5-2-3-6-10(9)12-14-13(17-15-12)11-7-4-8-16-11/h2-3,5-6,11H,4,7-8H2,1H3/t11-/m0/s1. The predicted molar refractivity (Wildman–Crippen MR) is 62.4 cm³/mol. The number of hydrogen-bond acceptors (Lipinski definition) is 4. The molecule has 3 rings (SSSR count). The summed E-state index contributed by atoms with van der Waals surface area (Å²) in [5.41, 5.74) is 2.16. The fraction of sp³-hybridized carbons (Fsp3) is 0.385. The summed E-state index contributed by atoms with van der Waals surface area (Å²) in [5.74, 6) is 1.24. The fourth-order valence-electron chi connectivity index (χ4n) is 2.07. The zero-order chi connectivity index (χ0) is 11.7. The topological polar surface area (TPSA) is 48.2 Å². The lowest BCUT2D eigenvalue weighted by Crippen LogP contribution is -1.95. The number of aryl methyl sites for hydroxylation is 1. The van der Waals surface area contributed by atoms with E-state index in [1.54, 1.807) is 0 Å². The first-order valence-corrected chi connectivity index (χ1v) is 5.86. The summed E-state index contributed by atoms with van der Waals surface area (Å²) >= 11 is 0. The van der Waals surface area contributed by atoms with Crippen molar-refractivity contribution in [3.63, 3.8) is 0 Å². The molecule has 0 amide bonds. The Labute approximate surface area is 99.6 Å². The van der Waals surface area contributed by atoms with Crippen LogP contribution in [0.25, 0.3) is 11.4 Å². The molecule has 0 saturated carbocycles. The number of hydrogen-bond donors (Lipinski definition) is 0. The van der Waals surface area contributed by atoms with Crippen molar-refractivity contribution in [3.05, 3.63) is 35.7 Å². The lowest BCUT2D eigenvalue weighted by atomic mass is 10.1. The molecular weight excluding hydrogens is 216 g/mol. The molecule has 0 unspecified atom stereocenters. The molecule has 1 aromatic heterocycles. The number of aromatic nitrogens is 2. The molecule has 1 aliphatic rings. The third-order valence-electron chi connectivity index (χ3n) is 3.03. The SMILES string of the molecule is Cc1ccccc1-c1noc([C@@H]2CCCO2)n1. The summed E-state index contributed by atoms with van der Waals surface area (Å²) in [6.45, 7) is 2.82. The number of rotatable bonds is 2. The Balaban J connectivity index is 1.92. The zero-order valence-electron chi connectivity index (χ0n) is 9.72. The molecule has 1 fully saturated rings. The van der Waals surface area contributed by atoms with Crippen LogP contribution in [0.1, 0.15) is 30.4 Å². The van der Waals surface area contributed by atoms with Gasteiger partial charge in [0.2, 0.25) is 5.82 Å². The van der Waals surface area contributed by atoms with Gasteiger partial charge in [0.1, 0.15) is 6.10 Å². The molecule has 1 aromatic carbocycles. The number of benzene rings is 1. The second-order valence-corrected chi connectivity index (χ2v) is 4.27. The molecule has 1 aliphatic heterocycles. The highest BCUT2D eigenvalue weighted by atomic mass is 16.5. The highest BCUT2D eigenvalue weighted by Gasteiger charge is 2.24. The third kappa shape index (κ3) is 1.96. The maximum absolute atomic E-state index is 5.52. The molecule has 4 heteroatoms. The van der Waals surface area contributed by atoms with Crippen molar-refractivity contribution in [3.8, 4) is 11.4 Å². The molecule has 0 bridgehead atoms. The Morgan fingerprint density at radius 3 is 2.94 bits per heavy atom. The molecule has 0 radical (unpaired) electrons. The van der Waals surface area contributed by atoms with Crippen molar-refractivity contribution < 1.29 is 9.26 Å². The highest BCUT2D eigenvalue weighted by molar-refractivity contribution is 5.58. The van der Waals surface area contributed by atoms with Gasteiger partial charge in [-0.05, 0) is 25.3 Å². The molecule has 2 heterocycles. The normalized spacial score (nSPS) is 19.7. The maximum atomic E-state index is 5.52. The van der Waals surface area contributed by atoms with Gasteiger partial charge in [0.25, 0.3) is 5.89 Å². The minimum Gasteiger partial charge on any atom is -0.368 e. The van der Waals surface area contributed by atoms with Crippen molar-refractivity contribution in [1.29, 1.82) is 0 Å². The second-order valence-electron chi connectivity index (χ2n) is 4.27. The van der Waals surface area contributed by atoms with E-state index >= 15 is 0 Å². The Morgan fingerprint density at radius 1 is 1.29 bits per heavy atom. The minimum atomic E-state index is -0.0136. The van der Waals surface area contributed by atoms with Crippen molar-refractivity contribution in [2.45, 2.75) is 25.9 Å². The maximum Gasteiger partial charge on any atom is 0.256 e. The van der Waals surface area contributed by atoms with Gasteiger partial charge in [-0.1, -0.05) is 29.4 Å². The van der Waals surface area contributed by atoms with Gasteiger partial charge in [0.05, 0.1) is 0 Å². The average molecular weight is 230 g/mol. The molecule has 0 aliphatic carbocycles. The van der Waals surface area contributed by atoms with Crippen LogP contribution in [0, 0.1) is 6.92 Å². The van der Waals surface area contributed by atoms with Crippen LogP contribution >= 0.6 is 0 Å². The van der Waals surface area contributed by atoms with E-state index in [-0.39, 0.29) is 6.10 Å². The van der Waals surface area contributed by atoms with Crippen molar-refractivity contribution in [2.75, 3.05) is 6.61 Å². The Kier molecular flexibility index (Phi) is 2.65. The van der Waals surface area contributed by atoms with Crippen molar-refractivity contribution in [1.82, 2.24) is 10.1 Å². The van der Waals surface area contributed by atoms with Gasteiger partial charge >= 0.3 is 0 Å². The third-order valence-corrected chi connectivity index (χ3v) is 3.03. The lowest BCUT2D eigenvalue weighted by molar-refractivity contribution is 0.0835. The first-order chi connectivity index (χ1) is 8.34. The van der Waals surface area contributed by atoms with E-state index in [9.17, 15) is 0 Å². The van der Waals surface area contributed by atoms with Crippen LogP contribution in [0.5, 0.6) is 0 Å². The predicted octanol–water partition coefficient (Wildman–Crippen LogP) is 2.90. The molecule has 4 nitrogen and oxygen atoms in total. The van der Waals surface area contributed by atoms with Crippen LogP contribution in [-0.4, -0.2) is 16.7 Å². The van der Waals surface area contributed by atoms with Crippen LogP contribution in [0.15, 0.2) is 28.8 Å². The van der Waals surface area contributed by atoms with Crippen molar-refractivity contribution >= 4 is 0 Å². The smallest absolute Gasteiger partial charge is 0.256 e. The summed E-state index contributed by atoms with van der Waals surface area (Å²) < 4.78 is 10.8. The summed E-state index contributed by atoms with van der Waals surface area (Å²) in [7, 11) is 0. The quantitative estimate of drug-likeness (QED) is 0.795. The molecule has 1 atom stereocenters. The minimum absolute atomic E-state index is 0.0136. The van der Waals surface area contributed by atoms with Crippen LogP contribution in [0.3, 0.4) is 0 Å². The first-order valence-electron chi connectivity index (χ1n) is 5.86. The molecule has 2 aromatic rings. The Bertz CT molecular complexity index is 516. The number of nitrogens with zero attached hydrogens (tertiary/aromatic N) is 2. The summed E-state index contributed by atoms with van der Waals surface area (Å²) in [4.78, 5) is 4.42. The van der Waals surface area contributed by atoms with E-state index < -0.39 is 0 Å². The van der Waals surface area contributed by atoms with Gasteiger partial charge in [-0.15, -0.1) is 0 Å². The van der Waals surface area contributed by atoms with Gasteiger partial charge in [-0.25, -0.2) is 0 Å². The number of ether oxygens (including phenoxy) is 1. The van der Waals surface area contributed by atoms with Crippen LogP contribution in [-0.2, 0) is 4.74 Å². The van der Waals surface area contributed by atoms with E-state index in [1.807, 2.05) is 31.2 Å². The Hall–Kier alpha value is -1.68. The zero-order valence-corrected chi connectivity index (χ0v) is 9.72. The van der Waals surface area contributed by atoms with Crippen molar-refractivity contribution in [2.24, 2.45) is 0 Å². The van der Waals surface area contributed by atoms with E-state index in [0.717, 1.165) is 30.6 Å². The molecule has 0 N–H and O–H groups in total. The van der Waals surface area contributed by atoms with E-state index in [4.69, 9.17) is 9.26 Å². The van der Waals surface area contributed by atoms with E-state index in [1.165, 1.54) is 0 Å². The van der Waals surface area contributed by atoms with Gasteiger partial charge in [-0.3, -0.25) is 0 Å². The van der Waals surface area contributed by atoms with Crippen LogP contribution in [0.2, 0.25) is 0 Å². The largest absolute Gasteiger partial charge is 0.368 e. The van der Waals surface area contributed by atoms with Gasteiger partial charge in [0, 0.05) is 12.2 Å². The van der Waals surface area contributed by atoms with Crippen LogP contribution in [0.4, 0.5) is 0 Å². The summed E-state index contributed by atoms with van der Waals surface area (Å²) in [6, 6.07) is 8.02. The second kappa shape index (κ2) is 4.30. The van der Waals surface area contributed by atoms with Gasteiger partial charge in [0.15, 0.2) is 0 Å². The first kappa shape index (κ1) is 10.5. The molecule has 1 saturated heterocycles. The fourth-order valence-corrected chi connectivity index (χ4v) is 2.07. The van der Waals surface area contributed by atoms with Gasteiger partial charge in [-0.2, -0.15) is 4.98 Å². The summed E-state index contributed by atoms with van der Waals surface area (Å²) in [6.07, 6.45) is 2.02. The van der Waals surface area contributed by atoms with E-state index in [0.29, 0.717) is 11.7 Å².